The monoisotopic (exact) mass is 362 g/mol. The molecule has 1 saturated heterocycles. The summed E-state index contributed by atoms with van der Waals surface area (Å²) in [6.45, 7) is 10.3. The number of aromatic amines is 1. The molecule has 2 heterocycles. The minimum atomic E-state index is -0.0588. The standard InChI is InChI=1S/C22H26N4O/c1-15-7-6-10-20(16(15)2)26-13-11-25(12-14-26)17(3)21-23-19-9-5-4-8-18(19)22(27)24-21/h4-10,17H,11-14H2,1-3H3,(H,23,24,27). The minimum Gasteiger partial charge on any atom is -0.369 e. The van der Waals surface area contributed by atoms with Gasteiger partial charge < -0.3 is 9.88 Å². The van der Waals surface area contributed by atoms with Gasteiger partial charge in [-0.2, -0.15) is 0 Å². The Morgan fingerprint density at radius 1 is 1.00 bits per heavy atom. The SMILES string of the molecule is Cc1cccc(N2CCN(C(C)c3nc4ccccc4c(=O)[nH]3)CC2)c1C. The first-order valence-corrected chi connectivity index (χ1v) is 9.59. The van der Waals surface area contributed by atoms with E-state index in [0.29, 0.717) is 5.39 Å². The number of H-pyrrole nitrogens is 1. The van der Waals surface area contributed by atoms with E-state index in [1.165, 1.54) is 16.8 Å². The molecule has 0 radical (unpaired) electrons. The Balaban J connectivity index is 1.51. The van der Waals surface area contributed by atoms with Crippen LogP contribution in [0.5, 0.6) is 0 Å². The maximum Gasteiger partial charge on any atom is 0.258 e. The number of rotatable bonds is 3. The molecular weight excluding hydrogens is 336 g/mol. The molecule has 0 bridgehead atoms. The van der Waals surface area contributed by atoms with Crippen LogP contribution in [-0.4, -0.2) is 41.0 Å². The van der Waals surface area contributed by atoms with Crippen molar-refractivity contribution in [1.82, 2.24) is 14.9 Å². The van der Waals surface area contributed by atoms with E-state index >= 15 is 0 Å². The number of aryl methyl sites for hydroxylation is 1. The molecule has 1 N–H and O–H groups in total. The second-order valence-corrected chi connectivity index (χ2v) is 7.39. The first kappa shape index (κ1) is 17.7. The van der Waals surface area contributed by atoms with Crippen LogP contribution in [0.2, 0.25) is 0 Å². The van der Waals surface area contributed by atoms with Crippen molar-refractivity contribution >= 4 is 16.6 Å². The molecule has 2 aromatic carbocycles. The highest BCUT2D eigenvalue weighted by atomic mass is 16.1. The number of hydrogen-bond donors (Lipinski definition) is 1. The summed E-state index contributed by atoms with van der Waals surface area (Å²) in [5, 5.41) is 0.646. The molecule has 1 aromatic heterocycles. The van der Waals surface area contributed by atoms with Gasteiger partial charge in [0.05, 0.1) is 16.9 Å². The van der Waals surface area contributed by atoms with Crippen LogP contribution in [-0.2, 0) is 0 Å². The Hall–Kier alpha value is -2.66. The lowest BCUT2D eigenvalue weighted by Crippen LogP contribution is -2.47. The zero-order valence-corrected chi connectivity index (χ0v) is 16.2. The van der Waals surface area contributed by atoms with Crippen LogP contribution in [0.25, 0.3) is 10.9 Å². The van der Waals surface area contributed by atoms with Gasteiger partial charge in [-0.25, -0.2) is 4.98 Å². The highest BCUT2D eigenvalue weighted by molar-refractivity contribution is 5.77. The number of nitrogens with one attached hydrogen (secondary N) is 1. The van der Waals surface area contributed by atoms with Crippen LogP contribution in [0.3, 0.4) is 0 Å². The van der Waals surface area contributed by atoms with Crippen LogP contribution in [0.4, 0.5) is 5.69 Å². The third-order valence-electron chi connectivity index (χ3n) is 5.81. The molecule has 5 nitrogen and oxygen atoms in total. The van der Waals surface area contributed by atoms with Crippen LogP contribution in [0.15, 0.2) is 47.3 Å². The Labute approximate surface area is 159 Å². The summed E-state index contributed by atoms with van der Waals surface area (Å²) in [6, 6.07) is 14.1. The molecule has 1 fully saturated rings. The summed E-state index contributed by atoms with van der Waals surface area (Å²) in [5.74, 6) is 0.749. The van der Waals surface area contributed by atoms with Gasteiger partial charge in [0.25, 0.3) is 5.56 Å². The first-order valence-electron chi connectivity index (χ1n) is 9.59. The summed E-state index contributed by atoms with van der Waals surface area (Å²) in [5.41, 5.74) is 4.73. The maximum atomic E-state index is 12.4. The van der Waals surface area contributed by atoms with E-state index in [1.807, 2.05) is 24.3 Å². The van der Waals surface area contributed by atoms with E-state index in [0.717, 1.165) is 37.5 Å². The van der Waals surface area contributed by atoms with Gasteiger partial charge in [-0.1, -0.05) is 24.3 Å². The van der Waals surface area contributed by atoms with E-state index in [1.54, 1.807) is 0 Å². The fourth-order valence-electron chi connectivity index (χ4n) is 3.90. The number of benzene rings is 2. The van der Waals surface area contributed by atoms with Crippen LogP contribution in [0.1, 0.15) is 29.9 Å². The molecule has 0 amide bonds. The molecule has 1 unspecified atom stereocenters. The van der Waals surface area contributed by atoms with Crippen molar-refractivity contribution in [3.8, 4) is 0 Å². The minimum absolute atomic E-state index is 0.0588. The quantitative estimate of drug-likeness (QED) is 0.776. The fraction of sp³-hybridized carbons (Fsp3) is 0.364. The largest absolute Gasteiger partial charge is 0.369 e. The van der Waals surface area contributed by atoms with Gasteiger partial charge in [0.1, 0.15) is 5.82 Å². The lowest BCUT2D eigenvalue weighted by molar-refractivity contribution is 0.191. The van der Waals surface area contributed by atoms with Crippen molar-refractivity contribution in [2.75, 3.05) is 31.1 Å². The molecule has 0 spiro atoms. The van der Waals surface area contributed by atoms with Gasteiger partial charge in [0, 0.05) is 31.9 Å². The smallest absolute Gasteiger partial charge is 0.258 e. The van der Waals surface area contributed by atoms with Gasteiger partial charge in [-0.15, -0.1) is 0 Å². The third-order valence-corrected chi connectivity index (χ3v) is 5.81. The molecule has 1 atom stereocenters. The lowest BCUT2D eigenvalue weighted by Gasteiger charge is -2.39. The number of piperazine rings is 1. The van der Waals surface area contributed by atoms with Gasteiger partial charge in [0.15, 0.2) is 0 Å². The Morgan fingerprint density at radius 2 is 1.74 bits per heavy atom. The normalized spacial score (nSPS) is 16.6. The first-order chi connectivity index (χ1) is 13.0. The lowest BCUT2D eigenvalue weighted by atomic mass is 10.1. The molecule has 5 heteroatoms. The van der Waals surface area contributed by atoms with Crippen molar-refractivity contribution in [3.63, 3.8) is 0 Å². The topological polar surface area (TPSA) is 52.2 Å². The van der Waals surface area contributed by atoms with Gasteiger partial charge >= 0.3 is 0 Å². The predicted octanol–water partition coefficient (Wildman–Crippen LogP) is 3.42. The molecule has 1 aliphatic heterocycles. The number of anilines is 1. The Bertz CT molecular complexity index is 1020. The third kappa shape index (κ3) is 3.35. The van der Waals surface area contributed by atoms with E-state index < -0.39 is 0 Å². The average molecular weight is 362 g/mol. The summed E-state index contributed by atoms with van der Waals surface area (Å²) in [6.07, 6.45) is 0. The molecule has 140 valence electrons. The van der Waals surface area contributed by atoms with Crippen LogP contribution >= 0.6 is 0 Å². The molecule has 3 aromatic rings. The molecule has 27 heavy (non-hydrogen) atoms. The molecule has 4 rings (SSSR count). The van der Waals surface area contributed by atoms with E-state index in [4.69, 9.17) is 4.98 Å². The van der Waals surface area contributed by atoms with Crippen molar-refractivity contribution < 1.29 is 0 Å². The van der Waals surface area contributed by atoms with Crippen LogP contribution in [0, 0.1) is 13.8 Å². The number of nitrogens with zero attached hydrogens (tertiary/aromatic N) is 3. The zero-order valence-electron chi connectivity index (χ0n) is 16.2. The second-order valence-electron chi connectivity index (χ2n) is 7.39. The predicted molar refractivity (Wildman–Crippen MR) is 110 cm³/mol. The van der Waals surface area contributed by atoms with Gasteiger partial charge in [-0.05, 0) is 50.1 Å². The van der Waals surface area contributed by atoms with E-state index in [-0.39, 0.29) is 11.6 Å². The number of para-hydroxylation sites is 1. The summed E-state index contributed by atoms with van der Waals surface area (Å²) in [7, 11) is 0. The van der Waals surface area contributed by atoms with Crippen molar-refractivity contribution in [2.45, 2.75) is 26.8 Å². The van der Waals surface area contributed by atoms with Gasteiger partial charge in [-0.3, -0.25) is 9.69 Å². The van der Waals surface area contributed by atoms with Crippen molar-refractivity contribution in [3.05, 3.63) is 69.8 Å². The Morgan fingerprint density at radius 3 is 2.52 bits per heavy atom. The van der Waals surface area contributed by atoms with Crippen LogP contribution < -0.4 is 10.5 Å². The van der Waals surface area contributed by atoms with E-state index in [9.17, 15) is 4.79 Å². The molecule has 0 saturated carbocycles. The average Bonchev–Trinajstić information content (AvgIpc) is 2.70. The number of aromatic nitrogens is 2. The summed E-state index contributed by atoms with van der Waals surface area (Å²) >= 11 is 0. The molecular formula is C22H26N4O. The second kappa shape index (κ2) is 7.16. The summed E-state index contributed by atoms with van der Waals surface area (Å²) < 4.78 is 0. The highest BCUT2D eigenvalue weighted by Gasteiger charge is 2.24. The molecule has 1 aliphatic rings. The Kier molecular flexibility index (Phi) is 4.70. The number of hydrogen-bond acceptors (Lipinski definition) is 4. The zero-order chi connectivity index (χ0) is 19.0. The fourth-order valence-corrected chi connectivity index (χ4v) is 3.90. The van der Waals surface area contributed by atoms with Gasteiger partial charge in [0.2, 0.25) is 0 Å². The highest BCUT2D eigenvalue weighted by Crippen LogP contribution is 2.26. The molecule has 0 aliphatic carbocycles. The summed E-state index contributed by atoms with van der Waals surface area (Å²) in [4.78, 5) is 24.9. The number of fused-ring (bicyclic) bond motifs is 1. The van der Waals surface area contributed by atoms with E-state index in [2.05, 4.69) is 53.8 Å². The maximum absolute atomic E-state index is 12.4. The van der Waals surface area contributed by atoms with Crippen molar-refractivity contribution in [2.24, 2.45) is 0 Å². The van der Waals surface area contributed by atoms with Crippen molar-refractivity contribution in [1.29, 1.82) is 0 Å².